The average molecular weight is 382 g/mol. The Bertz CT molecular complexity index is 620. The minimum atomic E-state index is 0.0585. The van der Waals surface area contributed by atoms with Gasteiger partial charge in [-0.3, -0.25) is 4.79 Å². The lowest BCUT2D eigenvalue weighted by atomic mass is 10.1. The fourth-order valence-electron chi connectivity index (χ4n) is 4.22. The smallest absolute Gasteiger partial charge is 0.227 e. The summed E-state index contributed by atoms with van der Waals surface area (Å²) in [4.78, 5) is 16.5. The molecule has 3 rings (SSSR count). The van der Waals surface area contributed by atoms with Crippen molar-refractivity contribution in [3.05, 3.63) is 46.5 Å². The Balaban J connectivity index is 1.54. The summed E-state index contributed by atoms with van der Waals surface area (Å²) in [5.74, 6) is 1.38. The maximum absolute atomic E-state index is 12.9. The van der Waals surface area contributed by atoms with Gasteiger partial charge in [-0.15, -0.1) is 0 Å². The molecule has 0 aromatic heterocycles. The number of hydrogen-bond donors (Lipinski definition) is 1. The average Bonchev–Trinajstić information content (AvgIpc) is 3.29. The molecule has 25 heavy (non-hydrogen) atoms. The largest absolute Gasteiger partial charge is 0.331 e. The van der Waals surface area contributed by atoms with Crippen LogP contribution in [-0.2, 0) is 11.3 Å². The molecule has 0 radical (unpaired) electrons. The molecule has 5 heteroatoms. The Hall–Kier alpha value is -1.03. The normalized spacial score (nSPS) is 26.6. The first-order chi connectivity index (χ1) is 12.0. The number of nitrogens with one attached hydrogen (secondary N) is 1. The number of halogens is 2. The predicted molar refractivity (Wildman–Crippen MR) is 103 cm³/mol. The fraction of sp³-hybridized carbons (Fsp3) is 0.550. The number of benzene rings is 1. The molecular weight excluding hydrogens is 355 g/mol. The number of carbonyl (C=O) groups is 1. The molecule has 2 fully saturated rings. The van der Waals surface area contributed by atoms with Crippen LogP contribution in [0.4, 0.5) is 0 Å². The van der Waals surface area contributed by atoms with E-state index in [9.17, 15) is 4.79 Å². The number of hydrogen-bond acceptors (Lipinski definition) is 1. The van der Waals surface area contributed by atoms with Gasteiger partial charge in [0.15, 0.2) is 0 Å². The summed E-state index contributed by atoms with van der Waals surface area (Å²) in [6, 6.07) is 10.6. The molecule has 1 heterocycles. The van der Waals surface area contributed by atoms with Crippen molar-refractivity contribution in [2.24, 2.45) is 23.7 Å². The fourth-order valence-corrected chi connectivity index (χ4v) is 4.51. The van der Waals surface area contributed by atoms with Gasteiger partial charge in [0, 0.05) is 11.5 Å². The molecular formula is C20H27Cl2N2O+. The van der Waals surface area contributed by atoms with Gasteiger partial charge < -0.3 is 9.80 Å². The molecule has 1 saturated carbocycles. The van der Waals surface area contributed by atoms with Gasteiger partial charge in [0.1, 0.15) is 11.0 Å². The third kappa shape index (κ3) is 4.58. The number of piperazine rings is 1. The third-order valence-corrected chi connectivity index (χ3v) is 5.84. The van der Waals surface area contributed by atoms with E-state index in [1.165, 1.54) is 5.56 Å². The van der Waals surface area contributed by atoms with Crippen molar-refractivity contribution in [2.45, 2.75) is 20.4 Å². The van der Waals surface area contributed by atoms with Crippen LogP contribution < -0.4 is 4.90 Å². The van der Waals surface area contributed by atoms with Crippen LogP contribution in [0.25, 0.3) is 0 Å². The zero-order valence-corrected chi connectivity index (χ0v) is 16.4. The quantitative estimate of drug-likeness (QED) is 0.832. The summed E-state index contributed by atoms with van der Waals surface area (Å²) in [5, 5.41) is 0. The SMILES string of the molecule is CC(C)[C@@H]1[C@H](C=C(Cl)Cl)[C@@H]1C(=O)N1CC[NH+](Cc2ccccc2)CC1. The van der Waals surface area contributed by atoms with Gasteiger partial charge in [-0.05, 0) is 23.8 Å². The first kappa shape index (κ1) is 18.8. The van der Waals surface area contributed by atoms with Crippen LogP contribution in [0.15, 0.2) is 40.9 Å². The molecule has 0 bridgehead atoms. The highest BCUT2D eigenvalue weighted by atomic mass is 35.5. The number of quaternary nitrogens is 1. The zero-order chi connectivity index (χ0) is 18.0. The molecule has 1 amide bonds. The predicted octanol–water partition coefficient (Wildman–Crippen LogP) is 2.75. The monoisotopic (exact) mass is 381 g/mol. The van der Waals surface area contributed by atoms with Gasteiger partial charge in [-0.25, -0.2) is 0 Å². The summed E-state index contributed by atoms with van der Waals surface area (Å²) < 4.78 is 0.281. The van der Waals surface area contributed by atoms with E-state index in [4.69, 9.17) is 23.2 Å². The topological polar surface area (TPSA) is 24.8 Å². The molecule has 3 atom stereocenters. The Morgan fingerprint density at radius 2 is 1.88 bits per heavy atom. The second-order valence-electron chi connectivity index (χ2n) is 7.62. The Morgan fingerprint density at radius 1 is 1.24 bits per heavy atom. The van der Waals surface area contributed by atoms with Crippen molar-refractivity contribution in [2.75, 3.05) is 26.2 Å². The molecule has 136 valence electrons. The second kappa shape index (κ2) is 8.11. The van der Waals surface area contributed by atoms with E-state index in [2.05, 4.69) is 38.1 Å². The van der Waals surface area contributed by atoms with Crippen molar-refractivity contribution < 1.29 is 9.69 Å². The van der Waals surface area contributed by atoms with Crippen LogP contribution in [0.3, 0.4) is 0 Å². The highest BCUT2D eigenvalue weighted by Crippen LogP contribution is 2.53. The number of allylic oxidation sites excluding steroid dienone is 1. The van der Waals surface area contributed by atoms with Crippen LogP contribution >= 0.6 is 23.2 Å². The lowest BCUT2D eigenvalue weighted by molar-refractivity contribution is -0.917. The van der Waals surface area contributed by atoms with E-state index in [1.807, 2.05) is 17.0 Å². The molecule has 1 aromatic rings. The third-order valence-electron chi connectivity index (χ3n) is 5.59. The first-order valence-electron chi connectivity index (χ1n) is 9.16. The zero-order valence-electron chi connectivity index (χ0n) is 14.9. The van der Waals surface area contributed by atoms with E-state index in [-0.39, 0.29) is 22.2 Å². The maximum atomic E-state index is 12.9. The molecule has 0 unspecified atom stereocenters. The van der Waals surface area contributed by atoms with Crippen molar-refractivity contribution in [1.82, 2.24) is 4.90 Å². The number of carbonyl (C=O) groups excluding carboxylic acids is 1. The highest BCUT2D eigenvalue weighted by Gasteiger charge is 2.56. The number of nitrogens with zero attached hydrogens (tertiary/aromatic N) is 1. The molecule has 1 N–H and O–H groups in total. The Labute approximate surface area is 160 Å². The van der Waals surface area contributed by atoms with Crippen molar-refractivity contribution in [1.29, 1.82) is 0 Å². The molecule has 1 saturated heterocycles. The van der Waals surface area contributed by atoms with Crippen LogP contribution in [0, 0.1) is 23.7 Å². The van der Waals surface area contributed by atoms with E-state index in [0.717, 1.165) is 32.7 Å². The lowest BCUT2D eigenvalue weighted by Gasteiger charge is -2.32. The van der Waals surface area contributed by atoms with Crippen molar-refractivity contribution in [3.63, 3.8) is 0 Å². The van der Waals surface area contributed by atoms with E-state index in [1.54, 1.807) is 4.90 Å². The molecule has 1 aromatic carbocycles. The van der Waals surface area contributed by atoms with Gasteiger partial charge in [-0.1, -0.05) is 67.4 Å². The molecule has 1 aliphatic carbocycles. The molecule has 0 spiro atoms. The second-order valence-corrected chi connectivity index (χ2v) is 8.63. The summed E-state index contributed by atoms with van der Waals surface area (Å²) in [5.41, 5.74) is 1.36. The van der Waals surface area contributed by atoms with Crippen LogP contribution in [0.1, 0.15) is 19.4 Å². The van der Waals surface area contributed by atoms with Crippen LogP contribution in [0.5, 0.6) is 0 Å². The van der Waals surface area contributed by atoms with Crippen molar-refractivity contribution in [3.8, 4) is 0 Å². The maximum Gasteiger partial charge on any atom is 0.227 e. The lowest BCUT2D eigenvalue weighted by Crippen LogP contribution is -3.13. The minimum Gasteiger partial charge on any atom is -0.331 e. The highest BCUT2D eigenvalue weighted by molar-refractivity contribution is 6.55. The van der Waals surface area contributed by atoms with Gasteiger partial charge in [0.2, 0.25) is 5.91 Å². The summed E-state index contributed by atoms with van der Waals surface area (Å²) in [6.45, 7) is 9.08. The molecule has 2 aliphatic rings. The van der Waals surface area contributed by atoms with Crippen LogP contribution in [-0.4, -0.2) is 37.0 Å². The molecule has 1 aliphatic heterocycles. The standard InChI is InChI=1S/C20H26Cl2N2O/c1-14(2)18-16(12-17(21)22)19(18)20(25)24-10-8-23(9-11-24)13-15-6-4-3-5-7-15/h3-7,12,14,16,18-19H,8-11,13H2,1-2H3/p+1/t16-,18+,19-/m0/s1. The number of rotatable bonds is 5. The Morgan fingerprint density at radius 3 is 2.44 bits per heavy atom. The van der Waals surface area contributed by atoms with E-state index in [0.29, 0.717) is 11.8 Å². The van der Waals surface area contributed by atoms with Gasteiger partial charge in [0.25, 0.3) is 0 Å². The summed E-state index contributed by atoms with van der Waals surface area (Å²) in [7, 11) is 0. The van der Waals surface area contributed by atoms with Gasteiger partial charge >= 0.3 is 0 Å². The van der Waals surface area contributed by atoms with Crippen LogP contribution in [0.2, 0.25) is 0 Å². The van der Waals surface area contributed by atoms with E-state index < -0.39 is 0 Å². The number of amides is 1. The Kier molecular flexibility index (Phi) is 6.08. The van der Waals surface area contributed by atoms with Crippen molar-refractivity contribution >= 4 is 29.1 Å². The first-order valence-corrected chi connectivity index (χ1v) is 9.92. The van der Waals surface area contributed by atoms with Gasteiger partial charge in [0.05, 0.1) is 26.2 Å². The summed E-state index contributed by atoms with van der Waals surface area (Å²) >= 11 is 11.7. The minimum absolute atomic E-state index is 0.0585. The van der Waals surface area contributed by atoms with Gasteiger partial charge in [-0.2, -0.15) is 0 Å². The molecule has 3 nitrogen and oxygen atoms in total. The van der Waals surface area contributed by atoms with E-state index >= 15 is 0 Å². The summed E-state index contributed by atoms with van der Waals surface area (Å²) in [6.07, 6.45) is 1.85.